The van der Waals surface area contributed by atoms with Crippen molar-refractivity contribution in [3.05, 3.63) is 48.9 Å². The highest BCUT2D eigenvalue weighted by Crippen LogP contribution is 2.33. The summed E-state index contributed by atoms with van der Waals surface area (Å²) in [4.78, 5) is 20.0. The molecule has 2 unspecified atom stereocenters. The van der Waals surface area contributed by atoms with E-state index in [9.17, 15) is 10.1 Å². The zero-order valence-corrected chi connectivity index (χ0v) is 17.5. The number of benzene rings is 1. The molecule has 0 saturated heterocycles. The van der Waals surface area contributed by atoms with Gasteiger partial charge >= 0.3 is 0 Å². The number of nitrogens with one attached hydrogen (secondary N) is 2. The minimum atomic E-state index is -0.106. The SMILES string of the molecule is CC(=O)Nc1ccc(Nc2nccc(-c3cnn(CCC4CCCC4C#N)c3)n2)cc1. The number of hydrogen-bond acceptors (Lipinski definition) is 6. The van der Waals surface area contributed by atoms with Gasteiger partial charge in [-0.15, -0.1) is 0 Å². The Morgan fingerprint density at radius 2 is 2.03 bits per heavy atom. The molecule has 8 nitrogen and oxygen atoms in total. The first-order valence-electron chi connectivity index (χ1n) is 10.5. The first kappa shape index (κ1) is 20.5. The maximum Gasteiger partial charge on any atom is 0.227 e. The molecule has 0 radical (unpaired) electrons. The lowest BCUT2D eigenvalue weighted by Crippen LogP contribution is -2.10. The van der Waals surface area contributed by atoms with Crippen LogP contribution in [0.25, 0.3) is 11.3 Å². The summed E-state index contributed by atoms with van der Waals surface area (Å²) < 4.78 is 1.93. The van der Waals surface area contributed by atoms with Crippen molar-refractivity contribution in [1.29, 1.82) is 5.26 Å². The fourth-order valence-corrected chi connectivity index (χ4v) is 4.02. The largest absolute Gasteiger partial charge is 0.326 e. The summed E-state index contributed by atoms with van der Waals surface area (Å²) in [6.07, 6.45) is 9.81. The first-order chi connectivity index (χ1) is 15.1. The van der Waals surface area contributed by atoms with Gasteiger partial charge in [0.2, 0.25) is 11.9 Å². The van der Waals surface area contributed by atoms with Gasteiger partial charge in [-0.2, -0.15) is 10.4 Å². The van der Waals surface area contributed by atoms with E-state index in [0.717, 1.165) is 54.9 Å². The van der Waals surface area contributed by atoms with E-state index in [4.69, 9.17) is 0 Å². The van der Waals surface area contributed by atoms with Crippen molar-refractivity contribution in [1.82, 2.24) is 19.7 Å². The minimum absolute atomic E-state index is 0.106. The number of carbonyl (C=O) groups is 1. The smallest absolute Gasteiger partial charge is 0.227 e. The Bertz CT molecular complexity index is 1080. The third-order valence-electron chi connectivity index (χ3n) is 5.60. The number of nitrogens with zero attached hydrogens (tertiary/aromatic N) is 5. The van der Waals surface area contributed by atoms with E-state index >= 15 is 0 Å². The number of aryl methyl sites for hydroxylation is 1. The molecule has 31 heavy (non-hydrogen) atoms. The molecule has 1 aliphatic rings. The Morgan fingerprint density at radius 1 is 1.23 bits per heavy atom. The van der Waals surface area contributed by atoms with Gasteiger partial charge in [-0.3, -0.25) is 9.48 Å². The van der Waals surface area contributed by atoms with Crippen LogP contribution in [0.15, 0.2) is 48.9 Å². The summed E-state index contributed by atoms with van der Waals surface area (Å²) >= 11 is 0. The highest BCUT2D eigenvalue weighted by molar-refractivity contribution is 5.88. The molecular formula is C23H25N7O. The maximum absolute atomic E-state index is 11.1. The average Bonchev–Trinajstić information content (AvgIpc) is 3.42. The standard InChI is InChI=1S/C23H25N7O/c1-16(31)27-20-5-7-21(8-6-20)28-23-25-11-9-22(29-23)19-14-26-30(15-19)12-10-17-3-2-4-18(17)13-24/h5-9,11,14-15,17-18H,2-4,10,12H2,1H3,(H,27,31)(H,25,28,29). The molecule has 1 saturated carbocycles. The fraction of sp³-hybridized carbons (Fsp3) is 0.348. The number of carbonyl (C=O) groups excluding carboxylic acids is 1. The first-order valence-corrected chi connectivity index (χ1v) is 10.5. The van der Waals surface area contributed by atoms with Gasteiger partial charge in [0, 0.05) is 48.7 Å². The zero-order valence-electron chi connectivity index (χ0n) is 17.5. The molecular weight excluding hydrogens is 390 g/mol. The van der Waals surface area contributed by atoms with Gasteiger partial charge in [0.05, 0.1) is 18.0 Å². The lowest BCUT2D eigenvalue weighted by Gasteiger charge is -2.12. The molecule has 158 valence electrons. The highest BCUT2D eigenvalue weighted by atomic mass is 16.1. The van der Waals surface area contributed by atoms with Crippen molar-refractivity contribution in [3.8, 4) is 17.3 Å². The Kier molecular flexibility index (Phi) is 6.22. The predicted octanol–water partition coefficient (Wildman–Crippen LogP) is 4.37. The quantitative estimate of drug-likeness (QED) is 0.593. The minimum Gasteiger partial charge on any atom is -0.326 e. The van der Waals surface area contributed by atoms with Crippen LogP contribution in [-0.2, 0) is 11.3 Å². The number of rotatable bonds is 7. The summed E-state index contributed by atoms with van der Waals surface area (Å²) in [6, 6.07) is 11.7. The summed E-state index contributed by atoms with van der Waals surface area (Å²) in [5.41, 5.74) is 3.27. The number of anilines is 3. The number of amides is 1. The molecule has 0 aliphatic heterocycles. The molecule has 1 fully saturated rings. The van der Waals surface area contributed by atoms with Crippen LogP contribution in [0.1, 0.15) is 32.6 Å². The van der Waals surface area contributed by atoms with E-state index in [2.05, 4.69) is 31.8 Å². The van der Waals surface area contributed by atoms with E-state index in [0.29, 0.717) is 11.9 Å². The average molecular weight is 416 g/mol. The summed E-state index contributed by atoms with van der Waals surface area (Å²) in [5.74, 6) is 1.05. The second kappa shape index (κ2) is 9.39. The van der Waals surface area contributed by atoms with Crippen molar-refractivity contribution in [2.45, 2.75) is 39.2 Å². The normalized spacial score (nSPS) is 17.8. The van der Waals surface area contributed by atoms with Crippen LogP contribution in [0.2, 0.25) is 0 Å². The summed E-state index contributed by atoms with van der Waals surface area (Å²) in [5, 5.41) is 19.6. The maximum atomic E-state index is 11.1. The van der Waals surface area contributed by atoms with E-state index < -0.39 is 0 Å². The second-order valence-electron chi connectivity index (χ2n) is 7.86. The van der Waals surface area contributed by atoms with Gasteiger partial charge in [-0.05, 0) is 55.5 Å². The number of nitriles is 1. The van der Waals surface area contributed by atoms with Gasteiger partial charge in [-0.25, -0.2) is 9.97 Å². The Morgan fingerprint density at radius 3 is 2.81 bits per heavy atom. The summed E-state index contributed by atoms with van der Waals surface area (Å²) in [6.45, 7) is 2.28. The monoisotopic (exact) mass is 415 g/mol. The van der Waals surface area contributed by atoms with Crippen LogP contribution >= 0.6 is 0 Å². The fourth-order valence-electron chi connectivity index (χ4n) is 4.02. The van der Waals surface area contributed by atoms with Gasteiger partial charge in [0.25, 0.3) is 0 Å². The molecule has 3 aromatic rings. The number of aromatic nitrogens is 4. The molecule has 8 heteroatoms. The number of hydrogen-bond donors (Lipinski definition) is 2. The lowest BCUT2D eigenvalue weighted by atomic mass is 9.94. The van der Waals surface area contributed by atoms with Crippen LogP contribution in [0.4, 0.5) is 17.3 Å². The van der Waals surface area contributed by atoms with Gasteiger partial charge in [-0.1, -0.05) is 6.42 Å². The molecule has 0 spiro atoms. The van der Waals surface area contributed by atoms with Gasteiger partial charge < -0.3 is 10.6 Å². The van der Waals surface area contributed by atoms with Crippen LogP contribution in [-0.4, -0.2) is 25.7 Å². The molecule has 1 aliphatic carbocycles. The van der Waals surface area contributed by atoms with Crippen LogP contribution in [0, 0.1) is 23.2 Å². The van der Waals surface area contributed by atoms with E-state index in [1.54, 1.807) is 6.20 Å². The van der Waals surface area contributed by atoms with E-state index in [1.165, 1.54) is 6.92 Å². The Balaban J connectivity index is 1.39. The van der Waals surface area contributed by atoms with Gasteiger partial charge in [0.1, 0.15) is 0 Å². The molecule has 0 bridgehead atoms. The van der Waals surface area contributed by atoms with Crippen molar-refractivity contribution in [2.75, 3.05) is 10.6 Å². The van der Waals surface area contributed by atoms with Crippen LogP contribution in [0.5, 0.6) is 0 Å². The zero-order chi connectivity index (χ0) is 21.6. The second-order valence-corrected chi connectivity index (χ2v) is 7.86. The van der Waals surface area contributed by atoms with Crippen molar-refractivity contribution >= 4 is 23.2 Å². The van der Waals surface area contributed by atoms with Gasteiger partial charge in [0.15, 0.2) is 0 Å². The third-order valence-corrected chi connectivity index (χ3v) is 5.60. The summed E-state index contributed by atoms with van der Waals surface area (Å²) in [7, 11) is 0. The van der Waals surface area contributed by atoms with Crippen LogP contribution in [0.3, 0.4) is 0 Å². The molecule has 2 aromatic heterocycles. The highest BCUT2D eigenvalue weighted by Gasteiger charge is 2.26. The predicted molar refractivity (Wildman–Crippen MR) is 118 cm³/mol. The molecule has 1 aromatic carbocycles. The molecule has 2 heterocycles. The molecule has 2 atom stereocenters. The molecule has 4 rings (SSSR count). The topological polar surface area (TPSA) is 109 Å². The third kappa shape index (κ3) is 5.25. The van der Waals surface area contributed by atoms with E-state index in [-0.39, 0.29) is 11.8 Å². The molecule has 1 amide bonds. The van der Waals surface area contributed by atoms with Crippen molar-refractivity contribution < 1.29 is 4.79 Å². The Hall–Kier alpha value is -3.73. The lowest BCUT2D eigenvalue weighted by molar-refractivity contribution is -0.114. The van der Waals surface area contributed by atoms with Crippen LogP contribution < -0.4 is 10.6 Å². The van der Waals surface area contributed by atoms with Crippen molar-refractivity contribution in [2.24, 2.45) is 11.8 Å². The Labute approximate surface area is 181 Å². The van der Waals surface area contributed by atoms with Crippen molar-refractivity contribution in [3.63, 3.8) is 0 Å². The molecule has 2 N–H and O–H groups in total. The van der Waals surface area contributed by atoms with E-state index in [1.807, 2.05) is 47.4 Å².